The molecule has 0 spiro atoms. The fourth-order valence-corrected chi connectivity index (χ4v) is 2.76. The van der Waals surface area contributed by atoms with Crippen LogP contribution >= 0.6 is 11.3 Å². The summed E-state index contributed by atoms with van der Waals surface area (Å²) in [6.45, 7) is 7.05. The van der Waals surface area contributed by atoms with Gasteiger partial charge in [0.25, 0.3) is 0 Å². The molecule has 2 aromatic heterocycles. The lowest BCUT2D eigenvalue weighted by molar-refractivity contribution is 0.239. The van der Waals surface area contributed by atoms with Crippen LogP contribution in [0.5, 0.6) is 0 Å². The first kappa shape index (κ1) is 13.1. The maximum Gasteiger partial charge on any atom is 0.193 e. The van der Waals surface area contributed by atoms with E-state index >= 15 is 0 Å². The van der Waals surface area contributed by atoms with Crippen molar-refractivity contribution in [2.45, 2.75) is 26.8 Å². The van der Waals surface area contributed by atoms with Gasteiger partial charge in [-0.15, -0.1) is 11.3 Å². The molecular weight excluding hydrogens is 244 g/mol. The van der Waals surface area contributed by atoms with Crippen molar-refractivity contribution in [3.05, 3.63) is 23.5 Å². The van der Waals surface area contributed by atoms with Gasteiger partial charge in [-0.3, -0.25) is 9.30 Å². The van der Waals surface area contributed by atoms with Gasteiger partial charge in [0, 0.05) is 43.8 Å². The van der Waals surface area contributed by atoms with Crippen LogP contribution in [0.3, 0.4) is 0 Å². The Balaban J connectivity index is 2.03. The van der Waals surface area contributed by atoms with Crippen LogP contribution in [0.25, 0.3) is 4.96 Å². The van der Waals surface area contributed by atoms with E-state index in [9.17, 15) is 0 Å². The highest BCUT2D eigenvalue weighted by Gasteiger charge is 2.10. The highest BCUT2D eigenvalue weighted by molar-refractivity contribution is 7.15. The number of aromatic nitrogens is 2. The molecule has 2 rings (SSSR count). The second-order valence-corrected chi connectivity index (χ2v) is 5.74. The van der Waals surface area contributed by atoms with Gasteiger partial charge in [-0.05, 0) is 5.92 Å². The van der Waals surface area contributed by atoms with Crippen LogP contribution < -0.4 is 0 Å². The molecule has 96 valence electrons. The molecule has 0 aliphatic heterocycles. The fraction of sp³-hybridized carbons (Fsp3) is 0.538. The van der Waals surface area contributed by atoms with Gasteiger partial charge in [-0.1, -0.05) is 13.8 Å². The molecular formula is C13H18N4S. The number of nitriles is 1. The Morgan fingerprint density at radius 2 is 2.39 bits per heavy atom. The molecule has 2 heterocycles. The van der Waals surface area contributed by atoms with Gasteiger partial charge >= 0.3 is 0 Å². The smallest absolute Gasteiger partial charge is 0.193 e. The minimum absolute atomic E-state index is 0.578. The zero-order chi connectivity index (χ0) is 13.0. The van der Waals surface area contributed by atoms with Crippen LogP contribution in [0.15, 0.2) is 17.8 Å². The van der Waals surface area contributed by atoms with Crippen LogP contribution in [0, 0.1) is 17.2 Å². The predicted octanol–water partition coefficient (Wildman–Crippen LogP) is 2.77. The molecule has 0 amide bonds. The van der Waals surface area contributed by atoms with Crippen LogP contribution in [0.4, 0.5) is 0 Å². The van der Waals surface area contributed by atoms with Gasteiger partial charge in [0.15, 0.2) is 4.96 Å². The normalized spacial score (nSPS) is 11.5. The van der Waals surface area contributed by atoms with E-state index < -0.39 is 0 Å². The number of hydrogen-bond acceptors (Lipinski definition) is 4. The SMILES string of the molecule is CC(C)CN(CCC#N)Cc1cn2ccsc2n1. The summed E-state index contributed by atoms with van der Waals surface area (Å²) in [4.78, 5) is 7.93. The van der Waals surface area contributed by atoms with E-state index in [-0.39, 0.29) is 0 Å². The Morgan fingerprint density at radius 1 is 1.56 bits per heavy atom. The third kappa shape index (κ3) is 3.31. The molecule has 0 N–H and O–H groups in total. The maximum absolute atomic E-state index is 8.70. The molecule has 18 heavy (non-hydrogen) atoms. The van der Waals surface area contributed by atoms with E-state index in [2.05, 4.69) is 40.4 Å². The topological polar surface area (TPSA) is 44.3 Å². The minimum atomic E-state index is 0.578. The molecule has 0 aliphatic carbocycles. The molecule has 4 nitrogen and oxygen atoms in total. The van der Waals surface area contributed by atoms with Crippen molar-refractivity contribution in [1.29, 1.82) is 5.26 Å². The maximum atomic E-state index is 8.70. The number of hydrogen-bond donors (Lipinski definition) is 0. The Labute approximate surface area is 111 Å². The van der Waals surface area contributed by atoms with Crippen molar-refractivity contribution >= 4 is 16.3 Å². The van der Waals surface area contributed by atoms with E-state index in [1.165, 1.54) is 0 Å². The third-order valence-corrected chi connectivity index (χ3v) is 3.46. The second kappa shape index (κ2) is 5.98. The van der Waals surface area contributed by atoms with Crippen molar-refractivity contribution in [3.63, 3.8) is 0 Å². The van der Waals surface area contributed by atoms with Crippen LogP contribution in [-0.2, 0) is 6.54 Å². The lowest BCUT2D eigenvalue weighted by atomic mass is 10.2. The van der Waals surface area contributed by atoms with E-state index in [0.29, 0.717) is 12.3 Å². The summed E-state index contributed by atoms with van der Waals surface area (Å²) in [5.74, 6) is 0.604. The summed E-state index contributed by atoms with van der Waals surface area (Å²) in [6.07, 6.45) is 4.68. The highest BCUT2D eigenvalue weighted by atomic mass is 32.1. The third-order valence-electron chi connectivity index (χ3n) is 2.69. The lowest BCUT2D eigenvalue weighted by Crippen LogP contribution is -2.28. The molecule has 5 heteroatoms. The summed E-state index contributed by atoms with van der Waals surface area (Å²) in [6, 6.07) is 2.21. The number of thiazole rings is 1. The average Bonchev–Trinajstić information content (AvgIpc) is 2.85. The van der Waals surface area contributed by atoms with Gasteiger partial charge in [-0.25, -0.2) is 4.98 Å². The highest BCUT2D eigenvalue weighted by Crippen LogP contribution is 2.13. The molecule has 0 unspecified atom stereocenters. The summed E-state index contributed by atoms with van der Waals surface area (Å²) in [7, 11) is 0. The number of nitrogens with zero attached hydrogens (tertiary/aromatic N) is 4. The quantitative estimate of drug-likeness (QED) is 0.804. The van der Waals surface area contributed by atoms with Crippen molar-refractivity contribution in [3.8, 4) is 6.07 Å². The minimum Gasteiger partial charge on any atom is -0.297 e. The van der Waals surface area contributed by atoms with Gasteiger partial charge < -0.3 is 0 Å². The van der Waals surface area contributed by atoms with Gasteiger partial charge in [0.2, 0.25) is 0 Å². The lowest BCUT2D eigenvalue weighted by Gasteiger charge is -2.21. The van der Waals surface area contributed by atoms with Crippen LogP contribution in [0.1, 0.15) is 26.0 Å². The molecule has 0 bridgehead atoms. The first-order chi connectivity index (χ1) is 8.69. The Bertz CT molecular complexity index is 506. The van der Waals surface area contributed by atoms with Crippen molar-refractivity contribution in [1.82, 2.24) is 14.3 Å². The van der Waals surface area contributed by atoms with Crippen molar-refractivity contribution in [2.75, 3.05) is 13.1 Å². The number of rotatable bonds is 6. The van der Waals surface area contributed by atoms with E-state index in [1.54, 1.807) is 11.3 Å². The van der Waals surface area contributed by atoms with Crippen molar-refractivity contribution in [2.24, 2.45) is 5.92 Å². The standard InChI is InChI=1S/C13H18N4S/c1-11(2)8-16(5-3-4-14)9-12-10-17-6-7-18-13(17)15-12/h6-7,10-11H,3,5,8-9H2,1-2H3. The summed E-state index contributed by atoms with van der Waals surface area (Å²) in [5.41, 5.74) is 1.08. The Kier molecular flexibility index (Phi) is 4.34. The molecule has 2 aromatic rings. The number of fused-ring (bicyclic) bond motifs is 1. The first-order valence-corrected chi connectivity index (χ1v) is 7.07. The van der Waals surface area contributed by atoms with E-state index in [4.69, 9.17) is 5.26 Å². The van der Waals surface area contributed by atoms with E-state index in [0.717, 1.165) is 30.3 Å². The van der Waals surface area contributed by atoms with Crippen LogP contribution in [-0.4, -0.2) is 27.4 Å². The van der Waals surface area contributed by atoms with Gasteiger partial charge in [0.05, 0.1) is 11.8 Å². The Hall–Kier alpha value is -1.38. The predicted molar refractivity (Wildman–Crippen MR) is 73.4 cm³/mol. The monoisotopic (exact) mass is 262 g/mol. The molecule has 0 atom stereocenters. The zero-order valence-electron chi connectivity index (χ0n) is 10.8. The largest absolute Gasteiger partial charge is 0.297 e. The van der Waals surface area contributed by atoms with Gasteiger partial charge in [-0.2, -0.15) is 5.26 Å². The summed E-state index contributed by atoms with van der Waals surface area (Å²) < 4.78 is 2.05. The summed E-state index contributed by atoms with van der Waals surface area (Å²) >= 11 is 1.65. The zero-order valence-corrected chi connectivity index (χ0v) is 11.7. The number of imidazole rings is 1. The average molecular weight is 262 g/mol. The molecule has 0 fully saturated rings. The van der Waals surface area contributed by atoms with Gasteiger partial charge in [0.1, 0.15) is 0 Å². The Morgan fingerprint density at radius 3 is 3.06 bits per heavy atom. The molecule has 0 saturated carbocycles. The molecule has 0 saturated heterocycles. The van der Waals surface area contributed by atoms with Crippen molar-refractivity contribution < 1.29 is 0 Å². The summed E-state index contributed by atoms with van der Waals surface area (Å²) in [5, 5.41) is 10.7. The van der Waals surface area contributed by atoms with E-state index in [1.807, 2.05) is 11.6 Å². The molecule has 0 radical (unpaired) electrons. The second-order valence-electron chi connectivity index (χ2n) is 4.86. The molecule has 0 aromatic carbocycles. The van der Waals surface area contributed by atoms with Crippen LogP contribution in [0.2, 0.25) is 0 Å². The fourth-order valence-electron chi connectivity index (χ4n) is 2.04. The molecule has 0 aliphatic rings. The first-order valence-electron chi connectivity index (χ1n) is 6.19.